The molecule has 2 N–H and O–H groups in total. The quantitative estimate of drug-likeness (QED) is 0.467. The second-order valence-corrected chi connectivity index (χ2v) is 7.32. The van der Waals surface area contributed by atoms with Gasteiger partial charge in [-0.25, -0.2) is 4.99 Å². The van der Waals surface area contributed by atoms with E-state index in [4.69, 9.17) is 9.47 Å². The molecule has 0 unspecified atom stereocenters. The predicted octanol–water partition coefficient (Wildman–Crippen LogP) is 4.47. The minimum Gasteiger partial charge on any atom is -0.504 e. The van der Waals surface area contributed by atoms with Gasteiger partial charge in [-0.3, -0.25) is 0 Å². The van der Waals surface area contributed by atoms with Gasteiger partial charge < -0.3 is 19.7 Å². The first-order chi connectivity index (χ1) is 11.9. The third-order valence-electron chi connectivity index (χ3n) is 4.91. The van der Waals surface area contributed by atoms with E-state index in [0.717, 1.165) is 12.0 Å². The number of phenolic OH excluding ortho intramolecular Hbond substituents is 2. The molecule has 0 amide bonds. The van der Waals surface area contributed by atoms with Crippen LogP contribution in [0.2, 0.25) is 0 Å². The van der Waals surface area contributed by atoms with Crippen LogP contribution in [0.5, 0.6) is 11.5 Å². The Morgan fingerprint density at radius 3 is 2.64 bits per heavy atom. The zero-order chi connectivity index (χ0) is 18.4. The third-order valence-corrected chi connectivity index (χ3v) is 4.91. The highest BCUT2D eigenvalue weighted by atomic mass is 16.7. The number of phenols is 2. The Balaban J connectivity index is 2.08. The summed E-state index contributed by atoms with van der Waals surface area (Å²) < 4.78 is 11.8. The van der Waals surface area contributed by atoms with Crippen molar-refractivity contribution in [2.45, 2.75) is 59.6 Å². The first kappa shape index (κ1) is 19.4. The molecule has 1 saturated carbocycles. The number of aromatic hydroxyl groups is 2. The molecule has 140 valence electrons. The van der Waals surface area contributed by atoms with Crippen molar-refractivity contribution in [2.75, 3.05) is 6.61 Å². The fraction of sp³-hybridized carbons (Fsp3) is 0.650. The van der Waals surface area contributed by atoms with Crippen molar-refractivity contribution in [3.05, 3.63) is 23.8 Å². The molecule has 0 bridgehead atoms. The highest BCUT2D eigenvalue weighted by Crippen LogP contribution is 2.35. The highest BCUT2D eigenvalue weighted by Gasteiger charge is 2.33. The largest absolute Gasteiger partial charge is 0.504 e. The summed E-state index contributed by atoms with van der Waals surface area (Å²) in [5.41, 5.74) is 0.786. The van der Waals surface area contributed by atoms with Gasteiger partial charge in [0, 0.05) is 0 Å². The smallest absolute Gasteiger partial charge is 0.384 e. The molecule has 0 saturated heterocycles. The van der Waals surface area contributed by atoms with E-state index >= 15 is 0 Å². The maximum absolute atomic E-state index is 9.59. The summed E-state index contributed by atoms with van der Waals surface area (Å²) >= 11 is 0. The Labute approximate surface area is 150 Å². The number of aliphatic imine (C=N–C) groups is 1. The molecule has 1 aromatic rings. The second-order valence-electron chi connectivity index (χ2n) is 7.32. The van der Waals surface area contributed by atoms with Gasteiger partial charge >= 0.3 is 6.08 Å². The van der Waals surface area contributed by atoms with Gasteiger partial charge in [0.1, 0.15) is 6.10 Å². The molecule has 5 nitrogen and oxygen atoms in total. The number of hydrogen-bond donors (Lipinski definition) is 2. The van der Waals surface area contributed by atoms with Crippen molar-refractivity contribution in [1.82, 2.24) is 0 Å². The van der Waals surface area contributed by atoms with Crippen molar-refractivity contribution in [3.8, 4) is 11.5 Å². The van der Waals surface area contributed by atoms with Crippen LogP contribution in [0.3, 0.4) is 0 Å². The second kappa shape index (κ2) is 8.97. The van der Waals surface area contributed by atoms with Crippen LogP contribution in [0.4, 0.5) is 0 Å². The number of hydrogen-bond acceptors (Lipinski definition) is 5. The SMILES string of the molecule is CCOC(=NCc1ccc(O)c(O)c1)O[C@@H]1C[C@H](C)CC[C@H]1C(C)C. The summed E-state index contributed by atoms with van der Waals surface area (Å²) in [7, 11) is 0. The van der Waals surface area contributed by atoms with Crippen LogP contribution >= 0.6 is 0 Å². The van der Waals surface area contributed by atoms with Gasteiger partial charge in [0.05, 0.1) is 13.2 Å². The summed E-state index contributed by atoms with van der Waals surface area (Å²) in [5, 5.41) is 19.0. The van der Waals surface area contributed by atoms with E-state index in [-0.39, 0.29) is 17.6 Å². The number of ether oxygens (including phenoxy) is 2. The number of benzene rings is 1. The number of rotatable bonds is 5. The summed E-state index contributed by atoms with van der Waals surface area (Å²) in [6.07, 6.45) is 3.89. The average Bonchev–Trinajstić information content (AvgIpc) is 2.55. The molecule has 1 fully saturated rings. The van der Waals surface area contributed by atoms with E-state index in [1.807, 2.05) is 6.92 Å². The van der Waals surface area contributed by atoms with Crippen molar-refractivity contribution in [3.63, 3.8) is 0 Å². The summed E-state index contributed by atoms with van der Waals surface area (Å²) in [6.45, 7) is 9.49. The standard InChI is InChI=1S/C20H31NO4/c1-5-24-20(21-12-15-7-9-17(22)18(23)11-15)25-19-10-14(4)6-8-16(19)13(2)3/h7,9,11,13-14,16,19,22-23H,5-6,8,10,12H2,1-4H3/t14-,16+,19-/m1/s1. The van der Waals surface area contributed by atoms with Crippen molar-refractivity contribution in [1.29, 1.82) is 0 Å². The summed E-state index contributed by atoms with van der Waals surface area (Å²) in [4.78, 5) is 4.45. The molecule has 5 heteroatoms. The first-order valence-electron chi connectivity index (χ1n) is 9.25. The van der Waals surface area contributed by atoms with Crippen LogP contribution in [0.25, 0.3) is 0 Å². The van der Waals surface area contributed by atoms with Crippen LogP contribution in [-0.4, -0.2) is 29.0 Å². The summed E-state index contributed by atoms with van der Waals surface area (Å²) in [6, 6.07) is 4.68. The average molecular weight is 349 g/mol. The van der Waals surface area contributed by atoms with Crippen LogP contribution in [0.15, 0.2) is 23.2 Å². The molecule has 0 aromatic heterocycles. The van der Waals surface area contributed by atoms with E-state index in [1.54, 1.807) is 6.07 Å². The van der Waals surface area contributed by atoms with E-state index in [9.17, 15) is 10.2 Å². The van der Waals surface area contributed by atoms with Crippen LogP contribution in [0.1, 0.15) is 52.5 Å². The molecule has 0 spiro atoms. The Morgan fingerprint density at radius 2 is 2.00 bits per heavy atom. The molecule has 0 heterocycles. The lowest BCUT2D eigenvalue weighted by Crippen LogP contribution is -2.36. The van der Waals surface area contributed by atoms with Crippen molar-refractivity contribution in [2.24, 2.45) is 22.7 Å². The minimum absolute atomic E-state index is 0.127. The molecule has 3 atom stereocenters. The van der Waals surface area contributed by atoms with Gasteiger partial charge in [-0.1, -0.05) is 33.3 Å². The van der Waals surface area contributed by atoms with Crippen LogP contribution in [0, 0.1) is 17.8 Å². The van der Waals surface area contributed by atoms with Gasteiger partial charge in [0.25, 0.3) is 0 Å². The number of nitrogens with zero attached hydrogens (tertiary/aromatic N) is 1. The van der Waals surface area contributed by atoms with Crippen LogP contribution in [-0.2, 0) is 16.0 Å². The molecular weight excluding hydrogens is 318 g/mol. The summed E-state index contributed by atoms with van der Waals surface area (Å²) in [5.74, 6) is 1.45. The van der Waals surface area contributed by atoms with Crippen molar-refractivity contribution < 1.29 is 19.7 Å². The molecular formula is C20H31NO4. The molecule has 1 aromatic carbocycles. The Hall–Kier alpha value is -1.91. The fourth-order valence-corrected chi connectivity index (χ4v) is 3.44. The molecule has 1 aliphatic carbocycles. The van der Waals surface area contributed by atoms with E-state index in [2.05, 4.69) is 25.8 Å². The highest BCUT2D eigenvalue weighted by molar-refractivity contribution is 5.67. The topological polar surface area (TPSA) is 71.3 Å². The van der Waals surface area contributed by atoms with Gasteiger partial charge in [0.15, 0.2) is 11.5 Å². The molecule has 0 aliphatic heterocycles. The first-order valence-corrected chi connectivity index (χ1v) is 9.25. The lowest BCUT2D eigenvalue weighted by molar-refractivity contribution is 0.00922. The van der Waals surface area contributed by atoms with E-state index < -0.39 is 0 Å². The third kappa shape index (κ3) is 5.55. The molecule has 1 aliphatic rings. The monoisotopic (exact) mass is 349 g/mol. The Morgan fingerprint density at radius 1 is 1.24 bits per heavy atom. The minimum atomic E-state index is -0.146. The Bertz CT molecular complexity index is 585. The molecule has 2 rings (SSSR count). The van der Waals surface area contributed by atoms with Gasteiger partial charge in [-0.15, -0.1) is 0 Å². The molecule has 0 radical (unpaired) electrons. The van der Waals surface area contributed by atoms with E-state index in [1.165, 1.54) is 25.0 Å². The maximum Gasteiger partial charge on any atom is 0.384 e. The van der Waals surface area contributed by atoms with Crippen molar-refractivity contribution >= 4 is 6.08 Å². The zero-order valence-corrected chi connectivity index (χ0v) is 15.7. The molecule has 25 heavy (non-hydrogen) atoms. The zero-order valence-electron chi connectivity index (χ0n) is 15.7. The van der Waals surface area contributed by atoms with Crippen LogP contribution < -0.4 is 0 Å². The fourth-order valence-electron chi connectivity index (χ4n) is 3.44. The Kier molecular flexibility index (Phi) is 6.97. The van der Waals surface area contributed by atoms with Gasteiger partial charge in [-0.05, 0) is 55.2 Å². The normalized spacial score (nSPS) is 24.4. The van der Waals surface area contributed by atoms with Gasteiger partial charge in [-0.2, -0.15) is 0 Å². The van der Waals surface area contributed by atoms with Gasteiger partial charge in [0.2, 0.25) is 0 Å². The predicted molar refractivity (Wildman–Crippen MR) is 98.8 cm³/mol. The maximum atomic E-state index is 9.59. The lowest BCUT2D eigenvalue weighted by atomic mass is 9.75. The van der Waals surface area contributed by atoms with E-state index in [0.29, 0.717) is 37.0 Å². The lowest BCUT2D eigenvalue weighted by Gasteiger charge is -2.37.